The third-order valence-electron chi connectivity index (χ3n) is 10.6. The number of benzene rings is 3. The molecule has 0 aliphatic rings. The minimum atomic E-state index is -1.97. The van der Waals surface area contributed by atoms with Gasteiger partial charge in [0.2, 0.25) is 15.4 Å². The molecule has 0 saturated heterocycles. The molecule has 3 aromatic carbocycles. The molecule has 0 radical (unpaired) electrons. The van der Waals surface area contributed by atoms with Gasteiger partial charge in [-0.05, 0) is 68.5 Å². The molecule has 10 heteroatoms. The molecule has 0 aliphatic carbocycles. The summed E-state index contributed by atoms with van der Waals surface area (Å²) in [5.74, 6) is 0.302. The van der Waals surface area contributed by atoms with Crippen LogP contribution >= 0.6 is 27.9 Å². The molecule has 3 N–H and O–H groups in total. The average Bonchev–Trinajstić information content (AvgIpc) is 3.28. The molecule has 1 unspecified atom stereocenters. The van der Waals surface area contributed by atoms with Crippen molar-refractivity contribution in [1.29, 1.82) is 0 Å². The average molecular weight is 890 g/mol. The van der Waals surface area contributed by atoms with E-state index in [9.17, 15) is 9.59 Å². The molecule has 3 aromatic rings. The Bertz CT molecular complexity index is 1370. The summed E-state index contributed by atoms with van der Waals surface area (Å²) in [6, 6.07) is 32.2. The summed E-state index contributed by atoms with van der Waals surface area (Å²) in [6.07, 6.45) is 26.2. The third-order valence-corrected chi connectivity index (χ3v) is 16.3. The Labute approximate surface area is 374 Å². The predicted octanol–water partition coefficient (Wildman–Crippen LogP) is 11.6. The standard InChI is InChI=1S/C48H74N2O3P2.CH3ClO.CH4O/c1-3-5-7-9-11-13-15-28-38-49-47(51)42-53(54-44-32-22-19-23-33-44)40-30-17-18-31-41-55(45-34-24-20-25-35-45,46-36-26-21-27-37-46)43-48(52)50-39-29-16-14-12-10-8-6-4-2;1-3-2;1-2/h19-27,32-37,54H,3-18,28-31,38-43H2,1-2H3;1H3;2H,1H3/p+2. The number of rotatable bonds is 33. The number of carbonyl (C=O) groups is 2. The molecule has 3 rings (SSSR count). The highest BCUT2D eigenvalue weighted by Crippen LogP contribution is 2.57. The van der Waals surface area contributed by atoms with Crippen LogP contribution in [0.1, 0.15) is 142 Å². The summed E-state index contributed by atoms with van der Waals surface area (Å²) < 4.78 is 7.05. The van der Waals surface area contributed by atoms with Crippen molar-refractivity contribution in [3.05, 3.63) is 91.0 Å². The van der Waals surface area contributed by atoms with Crippen LogP contribution < -0.4 is 26.5 Å². The summed E-state index contributed by atoms with van der Waals surface area (Å²) >= 11 is 4.50. The maximum atomic E-state index is 13.7. The van der Waals surface area contributed by atoms with E-state index in [1.807, 2.05) is 6.07 Å². The summed E-state index contributed by atoms with van der Waals surface area (Å²) in [6.45, 7) is 7.26. The van der Waals surface area contributed by atoms with Gasteiger partial charge in [-0.25, -0.2) is 0 Å². The maximum Gasteiger partial charge on any atom is 0.296 e. The van der Waals surface area contributed by atoms with Gasteiger partial charge in [0, 0.05) is 26.6 Å². The Balaban J connectivity index is 0.00000344. The summed E-state index contributed by atoms with van der Waals surface area (Å²) in [4.78, 5) is 26.7. The topological polar surface area (TPSA) is 90.4 Å². The molecule has 0 saturated carbocycles. The van der Waals surface area contributed by atoms with Gasteiger partial charge >= 0.3 is 0 Å². The number of aliphatic hydroxyl groups excluding tert-OH is 1. The Morgan fingerprint density at radius 3 is 1.43 bits per heavy atom. The number of amides is 2. The van der Waals surface area contributed by atoms with Crippen molar-refractivity contribution in [1.82, 2.24) is 10.6 Å². The van der Waals surface area contributed by atoms with E-state index in [4.69, 9.17) is 5.11 Å². The number of aliphatic hydroxyl groups is 1. The predicted molar refractivity (Wildman–Crippen MR) is 265 cm³/mol. The summed E-state index contributed by atoms with van der Waals surface area (Å²) in [5, 5.41) is 17.4. The molecule has 0 aliphatic heterocycles. The van der Waals surface area contributed by atoms with Crippen molar-refractivity contribution in [2.75, 3.05) is 52.8 Å². The van der Waals surface area contributed by atoms with Crippen LogP contribution in [0.15, 0.2) is 91.0 Å². The Hall–Kier alpha value is -2.37. The zero-order valence-electron chi connectivity index (χ0n) is 38.0. The molecule has 2 amide bonds. The van der Waals surface area contributed by atoms with Gasteiger partial charge in [-0.15, -0.1) is 0 Å². The van der Waals surface area contributed by atoms with Crippen LogP contribution in [0, 0.1) is 0 Å². The molecule has 60 heavy (non-hydrogen) atoms. The first-order valence-corrected chi connectivity index (χ1v) is 26.5. The van der Waals surface area contributed by atoms with Gasteiger partial charge in [0.25, 0.3) is 11.8 Å². The quantitative estimate of drug-likeness (QED) is 0.0323. The highest BCUT2D eigenvalue weighted by atomic mass is 35.5. The normalized spacial score (nSPS) is 11.2. The van der Waals surface area contributed by atoms with E-state index in [0.717, 1.165) is 71.5 Å². The summed E-state index contributed by atoms with van der Waals surface area (Å²) in [5.41, 5.74) is 0. The minimum absolute atomic E-state index is 0.109. The van der Waals surface area contributed by atoms with Crippen molar-refractivity contribution < 1.29 is 23.1 Å². The van der Waals surface area contributed by atoms with Crippen LogP contribution in [-0.4, -0.2) is 69.8 Å². The van der Waals surface area contributed by atoms with Crippen molar-refractivity contribution in [3.63, 3.8) is 0 Å². The van der Waals surface area contributed by atoms with E-state index < -0.39 is 7.26 Å². The zero-order chi connectivity index (χ0) is 43.8. The van der Waals surface area contributed by atoms with E-state index in [1.54, 1.807) is 0 Å². The molecule has 0 fully saturated rings. The van der Waals surface area contributed by atoms with Crippen molar-refractivity contribution in [3.8, 4) is 0 Å². The Morgan fingerprint density at radius 1 is 0.583 bits per heavy atom. The number of carbonyl (C=O) groups excluding carboxylic acids is 2. The second-order valence-electron chi connectivity index (χ2n) is 15.5. The fourth-order valence-electron chi connectivity index (χ4n) is 7.42. The lowest BCUT2D eigenvalue weighted by molar-refractivity contribution is -0.129. The minimum Gasteiger partial charge on any atom is -0.404 e. The second kappa shape index (κ2) is 39.5. The van der Waals surface area contributed by atoms with Gasteiger partial charge in [-0.1, -0.05) is 158 Å². The molecule has 7 nitrogen and oxygen atoms in total. The fraction of sp³-hybridized carbons (Fsp3) is 0.600. The van der Waals surface area contributed by atoms with Crippen LogP contribution in [0.2, 0.25) is 0 Å². The summed E-state index contributed by atoms with van der Waals surface area (Å²) in [7, 11) is 0.824. The number of hydrogen-bond acceptors (Lipinski definition) is 4. The van der Waals surface area contributed by atoms with E-state index in [2.05, 4.69) is 130 Å². The number of halogens is 1. The van der Waals surface area contributed by atoms with Crippen molar-refractivity contribution in [2.45, 2.75) is 142 Å². The van der Waals surface area contributed by atoms with Gasteiger partial charge in [0.1, 0.15) is 12.8 Å². The monoisotopic (exact) mass is 889 g/mol. The highest BCUT2D eigenvalue weighted by Gasteiger charge is 2.44. The highest BCUT2D eigenvalue weighted by molar-refractivity contribution is 7.90. The van der Waals surface area contributed by atoms with Gasteiger partial charge in [-0.2, -0.15) is 0 Å². The van der Waals surface area contributed by atoms with Gasteiger partial charge < -0.3 is 19.9 Å². The van der Waals surface area contributed by atoms with Crippen molar-refractivity contribution >= 4 is 55.7 Å². The van der Waals surface area contributed by atoms with E-state index in [1.165, 1.54) is 113 Å². The largest absolute Gasteiger partial charge is 0.404 e. The molecule has 0 bridgehead atoms. The third kappa shape index (κ3) is 26.9. The first-order valence-electron chi connectivity index (χ1n) is 23.1. The Kier molecular flexibility index (Phi) is 36.6. The van der Waals surface area contributed by atoms with Gasteiger partial charge in [0.15, 0.2) is 0 Å². The van der Waals surface area contributed by atoms with Gasteiger partial charge in [-0.3, -0.25) is 13.9 Å². The fourth-order valence-corrected chi connectivity index (χ4v) is 12.7. The number of hydrogen-bond donors (Lipinski definition) is 3. The van der Waals surface area contributed by atoms with Crippen LogP contribution in [0.3, 0.4) is 0 Å². The smallest absolute Gasteiger partial charge is 0.296 e. The van der Waals surface area contributed by atoms with Crippen LogP contribution in [0.25, 0.3) is 0 Å². The number of nitrogens with one attached hydrogen (secondary N) is 2. The lowest BCUT2D eigenvalue weighted by Gasteiger charge is -2.27. The van der Waals surface area contributed by atoms with Gasteiger partial charge in [0.05, 0.1) is 48.3 Å². The molecule has 0 aromatic heterocycles. The first-order chi connectivity index (χ1) is 29.5. The lowest BCUT2D eigenvalue weighted by atomic mass is 10.1. The van der Waals surface area contributed by atoms with Crippen molar-refractivity contribution in [2.24, 2.45) is 0 Å². The molecule has 1 atom stereocenters. The first kappa shape index (κ1) is 55.6. The second-order valence-corrected chi connectivity index (χ2v) is 20.9. The molecular weight excluding hydrogens is 806 g/mol. The maximum absolute atomic E-state index is 13.7. The SMILES string of the molecule is CCCCCCCCCCNC(=O)C[O+](CCCCCC[P+](CC(=O)NCCCCCCCCCC)(c1ccccc1)c1ccccc1)Pc1ccccc1.CO.COCl. The lowest BCUT2D eigenvalue weighted by Crippen LogP contribution is -2.36. The van der Waals surface area contributed by atoms with E-state index >= 15 is 0 Å². The van der Waals surface area contributed by atoms with Crippen LogP contribution in [0.4, 0.5) is 0 Å². The number of unbranched alkanes of at least 4 members (excludes halogenated alkanes) is 17. The zero-order valence-corrected chi connectivity index (χ0v) is 40.6. The van der Waals surface area contributed by atoms with E-state index in [0.29, 0.717) is 21.6 Å². The molecular formula is C50H83ClN2O5P2+2. The van der Waals surface area contributed by atoms with E-state index in [-0.39, 0.29) is 11.8 Å². The Morgan fingerprint density at radius 2 is 0.967 bits per heavy atom. The van der Waals surface area contributed by atoms with Crippen LogP contribution in [0.5, 0.6) is 0 Å². The van der Waals surface area contributed by atoms with Crippen LogP contribution in [-0.2, 0) is 18.0 Å². The molecule has 338 valence electrons. The molecule has 0 spiro atoms. The molecule has 0 heterocycles.